The number of piperidine rings is 1. The summed E-state index contributed by atoms with van der Waals surface area (Å²) in [4.78, 5) is 29.1. The van der Waals surface area contributed by atoms with Gasteiger partial charge in [-0.15, -0.1) is 0 Å². The average Bonchev–Trinajstić information content (AvgIpc) is 3.53. The highest BCUT2D eigenvalue weighted by Gasteiger charge is 2.33. The van der Waals surface area contributed by atoms with Crippen molar-refractivity contribution in [2.45, 2.75) is 56.8 Å². The monoisotopic (exact) mass is 453 g/mol. The number of amides is 2. The normalized spacial score (nSPS) is 22.2. The number of nitrogens with zero attached hydrogens (tertiary/aromatic N) is 1. The maximum atomic E-state index is 13.1. The molecule has 2 amide bonds. The largest absolute Gasteiger partial charge is 0.496 e. The van der Waals surface area contributed by atoms with Gasteiger partial charge in [-0.1, -0.05) is 18.9 Å². The number of carbonyl (C=O) groups is 2. The van der Waals surface area contributed by atoms with E-state index in [1.807, 2.05) is 18.2 Å². The lowest BCUT2D eigenvalue weighted by Crippen LogP contribution is -2.51. The van der Waals surface area contributed by atoms with Gasteiger partial charge in [-0.05, 0) is 56.3 Å². The van der Waals surface area contributed by atoms with Gasteiger partial charge < -0.3 is 25.5 Å². The quantitative estimate of drug-likeness (QED) is 0.392. The summed E-state index contributed by atoms with van der Waals surface area (Å²) >= 11 is 0. The van der Waals surface area contributed by atoms with E-state index in [0.717, 1.165) is 43.1 Å². The lowest BCUT2D eigenvalue weighted by Gasteiger charge is -2.30. The van der Waals surface area contributed by atoms with Crippen LogP contribution in [0.5, 0.6) is 5.75 Å². The molecule has 4 atom stereocenters. The predicted molar refractivity (Wildman–Crippen MR) is 122 cm³/mol. The van der Waals surface area contributed by atoms with Crippen molar-refractivity contribution in [1.82, 2.24) is 20.9 Å². The molecule has 176 valence electrons. The molecule has 1 saturated carbocycles. The number of nitrogens with one attached hydrogen (secondary N) is 4. The van der Waals surface area contributed by atoms with Gasteiger partial charge in [0.2, 0.25) is 5.91 Å². The molecule has 1 saturated heterocycles. The third kappa shape index (κ3) is 5.64. The lowest BCUT2D eigenvalue weighted by molar-refractivity contribution is -0.123. The van der Waals surface area contributed by atoms with Crippen molar-refractivity contribution in [2.75, 3.05) is 13.7 Å². The molecule has 0 radical (unpaired) electrons. The Morgan fingerprint density at radius 1 is 1.27 bits per heavy atom. The van der Waals surface area contributed by atoms with Gasteiger partial charge in [-0.25, -0.2) is 0 Å². The highest BCUT2D eigenvalue weighted by Crippen LogP contribution is 2.34. The molecule has 9 nitrogen and oxygen atoms in total. The Hall–Kier alpha value is -3.09. The number of benzene rings is 1. The molecular formula is C24H31N5O4. The molecule has 4 unspecified atom stereocenters. The summed E-state index contributed by atoms with van der Waals surface area (Å²) in [5.74, 6) is 0.213. The number of aliphatic hydroxyl groups is 1. The topological polar surface area (TPSA) is 139 Å². The molecule has 5 N–H and O–H groups in total. The fourth-order valence-corrected chi connectivity index (χ4v) is 4.49. The predicted octanol–water partition coefficient (Wildman–Crippen LogP) is 1.79. The Morgan fingerprint density at radius 3 is 2.79 bits per heavy atom. The van der Waals surface area contributed by atoms with Crippen LogP contribution in [0.2, 0.25) is 0 Å². The Morgan fingerprint density at radius 2 is 2.09 bits per heavy atom. The van der Waals surface area contributed by atoms with E-state index in [1.165, 1.54) is 0 Å². The minimum Gasteiger partial charge on any atom is -0.496 e. The fraction of sp³-hybridized carbons (Fsp3) is 0.542. The van der Waals surface area contributed by atoms with Crippen molar-refractivity contribution in [3.05, 3.63) is 30.0 Å². The van der Waals surface area contributed by atoms with E-state index in [2.05, 4.69) is 27.0 Å². The molecule has 1 aromatic carbocycles. The van der Waals surface area contributed by atoms with Gasteiger partial charge >= 0.3 is 0 Å². The maximum absolute atomic E-state index is 13.1. The number of H-pyrrole nitrogens is 1. The summed E-state index contributed by atoms with van der Waals surface area (Å²) in [5, 5.41) is 29.1. The molecule has 2 aliphatic rings. The number of nitriles is 1. The molecular weight excluding hydrogens is 422 g/mol. The molecule has 1 aromatic heterocycles. The Labute approximate surface area is 192 Å². The number of fused-ring (bicyclic) bond motifs is 1. The zero-order valence-electron chi connectivity index (χ0n) is 18.8. The van der Waals surface area contributed by atoms with E-state index in [4.69, 9.17) is 4.74 Å². The molecule has 1 aliphatic carbocycles. The molecule has 0 spiro atoms. The first-order chi connectivity index (χ1) is 16.0. The third-order valence-corrected chi connectivity index (χ3v) is 6.54. The molecule has 0 bridgehead atoms. The van der Waals surface area contributed by atoms with Gasteiger partial charge in [0.1, 0.15) is 29.8 Å². The highest BCUT2D eigenvalue weighted by molar-refractivity contribution is 6.01. The molecule has 2 fully saturated rings. The van der Waals surface area contributed by atoms with Crippen LogP contribution in [0.3, 0.4) is 0 Å². The maximum Gasteiger partial charge on any atom is 0.268 e. The van der Waals surface area contributed by atoms with Gasteiger partial charge in [-0.2, -0.15) is 5.26 Å². The lowest BCUT2D eigenvalue weighted by atomic mass is 9.91. The van der Waals surface area contributed by atoms with Crippen molar-refractivity contribution in [1.29, 1.82) is 5.26 Å². The first-order valence-corrected chi connectivity index (χ1v) is 11.6. The SMILES string of the molecule is COc1cccc2[nH]c(C(=O)NC(CC3CC3)C(=O)NC(C#N)CC3CCCNC3O)cc12. The smallest absolute Gasteiger partial charge is 0.268 e. The van der Waals surface area contributed by atoms with Crippen molar-refractivity contribution in [3.8, 4) is 11.8 Å². The first-order valence-electron chi connectivity index (χ1n) is 11.6. The van der Waals surface area contributed by atoms with Crippen LogP contribution in [0.1, 0.15) is 49.0 Å². The summed E-state index contributed by atoms with van der Waals surface area (Å²) < 4.78 is 5.36. The first kappa shape index (κ1) is 23.1. The molecule has 1 aliphatic heterocycles. The Kier molecular flexibility index (Phi) is 7.16. The van der Waals surface area contributed by atoms with Crippen LogP contribution in [0.4, 0.5) is 0 Å². The zero-order chi connectivity index (χ0) is 23.4. The third-order valence-electron chi connectivity index (χ3n) is 6.54. The van der Waals surface area contributed by atoms with Crippen LogP contribution in [-0.2, 0) is 4.79 Å². The second-order valence-electron chi connectivity index (χ2n) is 9.04. The molecule has 33 heavy (non-hydrogen) atoms. The number of methoxy groups -OCH3 is 1. The molecule has 9 heteroatoms. The summed E-state index contributed by atoms with van der Waals surface area (Å²) in [5.41, 5.74) is 1.11. The number of hydrogen-bond donors (Lipinski definition) is 5. The van der Waals surface area contributed by atoms with Gasteiger partial charge in [0.15, 0.2) is 0 Å². The molecule has 2 aromatic rings. The summed E-state index contributed by atoms with van der Waals surface area (Å²) in [7, 11) is 1.57. The van der Waals surface area contributed by atoms with E-state index in [0.29, 0.717) is 30.2 Å². The number of hydrogen-bond acceptors (Lipinski definition) is 6. The second-order valence-corrected chi connectivity index (χ2v) is 9.04. The van der Waals surface area contributed by atoms with E-state index in [9.17, 15) is 20.0 Å². The van der Waals surface area contributed by atoms with Crippen LogP contribution in [0.15, 0.2) is 24.3 Å². The second kappa shape index (κ2) is 10.2. The van der Waals surface area contributed by atoms with E-state index in [1.54, 1.807) is 13.2 Å². The van der Waals surface area contributed by atoms with E-state index >= 15 is 0 Å². The molecule has 4 rings (SSSR count). The van der Waals surface area contributed by atoms with Crippen molar-refractivity contribution >= 4 is 22.7 Å². The number of rotatable bonds is 9. The van der Waals surface area contributed by atoms with E-state index < -0.39 is 18.3 Å². The molecule has 2 heterocycles. The van der Waals surface area contributed by atoms with E-state index in [-0.39, 0.29) is 17.7 Å². The van der Waals surface area contributed by atoms with Crippen LogP contribution in [0.25, 0.3) is 10.9 Å². The minimum atomic E-state index is -0.733. The van der Waals surface area contributed by atoms with Gasteiger partial charge in [-0.3, -0.25) is 14.9 Å². The standard InChI is InChI=1S/C24H31N5O4/c1-33-21-6-2-5-18-17(21)12-20(28-18)24(32)29-19(10-14-7-8-14)23(31)27-16(13-25)11-15-4-3-9-26-22(15)30/h2,5-6,12,14-16,19,22,26,28,30H,3-4,7-11H2,1H3,(H,27,31)(H,29,32). The number of carbonyl (C=O) groups excluding carboxylic acids is 2. The number of ether oxygens (including phenoxy) is 1. The van der Waals surface area contributed by atoms with Crippen LogP contribution < -0.4 is 20.7 Å². The Balaban J connectivity index is 1.43. The van der Waals surface area contributed by atoms with Gasteiger partial charge in [0, 0.05) is 16.8 Å². The minimum absolute atomic E-state index is 0.0958. The van der Waals surface area contributed by atoms with Gasteiger partial charge in [0.25, 0.3) is 5.91 Å². The summed E-state index contributed by atoms with van der Waals surface area (Å²) in [6, 6.07) is 7.90. The number of aromatic nitrogens is 1. The fourth-order valence-electron chi connectivity index (χ4n) is 4.49. The number of aliphatic hydroxyl groups excluding tert-OH is 1. The van der Waals surface area contributed by atoms with Crippen molar-refractivity contribution in [2.24, 2.45) is 11.8 Å². The van der Waals surface area contributed by atoms with Crippen molar-refractivity contribution < 1.29 is 19.4 Å². The Bertz CT molecular complexity index is 1040. The van der Waals surface area contributed by atoms with Crippen LogP contribution in [0, 0.1) is 23.2 Å². The van der Waals surface area contributed by atoms with Crippen LogP contribution in [-0.4, -0.2) is 53.9 Å². The zero-order valence-corrected chi connectivity index (χ0v) is 18.8. The average molecular weight is 454 g/mol. The number of aromatic amines is 1. The summed E-state index contributed by atoms with van der Waals surface area (Å²) in [6.45, 7) is 0.746. The summed E-state index contributed by atoms with van der Waals surface area (Å²) in [6.07, 6.45) is 4.01. The van der Waals surface area contributed by atoms with Gasteiger partial charge in [0.05, 0.1) is 13.2 Å². The highest BCUT2D eigenvalue weighted by atomic mass is 16.5. The van der Waals surface area contributed by atoms with Crippen molar-refractivity contribution in [3.63, 3.8) is 0 Å². The van der Waals surface area contributed by atoms with Crippen LogP contribution >= 0.6 is 0 Å².